The topological polar surface area (TPSA) is 34.2 Å². The first-order valence-corrected chi connectivity index (χ1v) is 7.15. The minimum Gasteiger partial charge on any atom is -0.494 e. The predicted molar refractivity (Wildman–Crippen MR) is 82.1 cm³/mol. The smallest absolute Gasteiger partial charge is 0.165 e. The number of aromatic nitrogens is 1. The number of hydrogen-bond acceptors (Lipinski definition) is 3. The highest BCUT2D eigenvalue weighted by Gasteiger charge is 2.15. The van der Waals surface area contributed by atoms with E-state index in [-0.39, 0.29) is 17.6 Å². The number of pyridine rings is 1. The van der Waals surface area contributed by atoms with Crippen LogP contribution in [0.5, 0.6) is 5.75 Å². The van der Waals surface area contributed by atoms with Gasteiger partial charge in [0.05, 0.1) is 13.2 Å². The van der Waals surface area contributed by atoms with Gasteiger partial charge in [0.2, 0.25) is 0 Å². The second kappa shape index (κ2) is 7.18. The molecule has 112 valence electrons. The lowest BCUT2D eigenvalue weighted by Crippen LogP contribution is -2.23. The second-order valence-electron chi connectivity index (χ2n) is 5.01. The van der Waals surface area contributed by atoms with Crippen LogP contribution in [0, 0.1) is 12.7 Å². The van der Waals surface area contributed by atoms with E-state index in [1.807, 2.05) is 31.3 Å². The molecule has 0 aliphatic rings. The molecular formula is C17H21FN2O. The van der Waals surface area contributed by atoms with Crippen molar-refractivity contribution in [3.8, 4) is 5.75 Å². The molecule has 1 aromatic carbocycles. The van der Waals surface area contributed by atoms with Crippen molar-refractivity contribution in [1.82, 2.24) is 10.3 Å². The van der Waals surface area contributed by atoms with Crippen molar-refractivity contribution in [1.29, 1.82) is 0 Å². The number of ether oxygens (including phenoxy) is 1. The van der Waals surface area contributed by atoms with Crippen molar-refractivity contribution in [2.45, 2.75) is 26.3 Å². The minimum absolute atomic E-state index is 0.0709. The molecule has 2 aromatic rings. The first kappa shape index (κ1) is 15.4. The summed E-state index contributed by atoms with van der Waals surface area (Å²) in [5, 5.41) is 3.44. The molecule has 0 fully saturated rings. The Labute approximate surface area is 125 Å². The van der Waals surface area contributed by atoms with E-state index >= 15 is 0 Å². The minimum atomic E-state index is -0.349. The maximum Gasteiger partial charge on any atom is 0.165 e. The van der Waals surface area contributed by atoms with Crippen LogP contribution in [0.1, 0.15) is 36.2 Å². The van der Waals surface area contributed by atoms with Gasteiger partial charge in [-0.2, -0.15) is 0 Å². The molecule has 1 unspecified atom stereocenters. The number of rotatable bonds is 6. The van der Waals surface area contributed by atoms with Crippen LogP contribution in [0.15, 0.2) is 36.5 Å². The maximum atomic E-state index is 13.9. The van der Waals surface area contributed by atoms with Gasteiger partial charge in [-0.15, -0.1) is 0 Å². The number of nitrogens with zero attached hydrogens (tertiary/aromatic N) is 1. The fourth-order valence-electron chi connectivity index (χ4n) is 2.23. The highest BCUT2D eigenvalue weighted by molar-refractivity contribution is 5.36. The third-order valence-electron chi connectivity index (χ3n) is 3.38. The number of benzene rings is 1. The highest BCUT2D eigenvalue weighted by Crippen LogP contribution is 2.26. The standard InChI is InChI=1S/C17H21FN2O/c1-4-9-19-17(14-6-5-12(2)20-11-14)13-7-8-16(21-3)15(18)10-13/h5-8,10-11,17,19H,4,9H2,1-3H3. The molecule has 3 nitrogen and oxygen atoms in total. The summed E-state index contributed by atoms with van der Waals surface area (Å²) in [6, 6.07) is 8.99. The van der Waals surface area contributed by atoms with Crippen LogP contribution in [-0.2, 0) is 0 Å². The molecule has 0 aliphatic heterocycles. The average molecular weight is 288 g/mol. The van der Waals surface area contributed by atoms with E-state index in [2.05, 4.69) is 17.2 Å². The zero-order valence-corrected chi connectivity index (χ0v) is 12.7. The van der Waals surface area contributed by atoms with Gasteiger partial charge < -0.3 is 10.1 Å². The van der Waals surface area contributed by atoms with Gasteiger partial charge in [-0.25, -0.2) is 4.39 Å². The van der Waals surface area contributed by atoms with Gasteiger partial charge in [0, 0.05) is 11.9 Å². The van der Waals surface area contributed by atoms with E-state index in [0.717, 1.165) is 29.8 Å². The Morgan fingerprint density at radius 3 is 2.57 bits per heavy atom. The van der Waals surface area contributed by atoms with Gasteiger partial charge in [-0.05, 0) is 49.2 Å². The summed E-state index contributed by atoms with van der Waals surface area (Å²) in [4.78, 5) is 4.33. The summed E-state index contributed by atoms with van der Waals surface area (Å²) < 4.78 is 18.9. The molecule has 0 bridgehead atoms. The van der Waals surface area contributed by atoms with Crippen LogP contribution in [0.2, 0.25) is 0 Å². The zero-order chi connectivity index (χ0) is 15.2. The summed E-state index contributed by atoms with van der Waals surface area (Å²) in [7, 11) is 1.47. The third kappa shape index (κ3) is 3.79. The number of methoxy groups -OCH3 is 1. The van der Waals surface area contributed by atoms with Crippen LogP contribution in [-0.4, -0.2) is 18.6 Å². The van der Waals surface area contributed by atoms with Crippen LogP contribution in [0.3, 0.4) is 0 Å². The van der Waals surface area contributed by atoms with Gasteiger partial charge in [0.25, 0.3) is 0 Å². The molecular weight excluding hydrogens is 267 g/mol. The molecule has 0 saturated heterocycles. The van der Waals surface area contributed by atoms with E-state index in [1.54, 1.807) is 6.07 Å². The van der Waals surface area contributed by atoms with Crippen LogP contribution in [0.4, 0.5) is 4.39 Å². The fourth-order valence-corrected chi connectivity index (χ4v) is 2.23. The molecule has 0 aliphatic carbocycles. The zero-order valence-electron chi connectivity index (χ0n) is 12.7. The van der Waals surface area contributed by atoms with Gasteiger partial charge >= 0.3 is 0 Å². The Morgan fingerprint density at radius 1 is 1.24 bits per heavy atom. The monoisotopic (exact) mass is 288 g/mol. The summed E-state index contributed by atoms with van der Waals surface area (Å²) >= 11 is 0. The van der Waals surface area contributed by atoms with Gasteiger partial charge in [-0.1, -0.05) is 19.1 Å². The van der Waals surface area contributed by atoms with Crippen molar-refractivity contribution >= 4 is 0 Å². The van der Waals surface area contributed by atoms with Gasteiger partial charge in [0.1, 0.15) is 0 Å². The van der Waals surface area contributed by atoms with Crippen LogP contribution in [0.25, 0.3) is 0 Å². The number of aryl methyl sites for hydroxylation is 1. The average Bonchev–Trinajstić information content (AvgIpc) is 2.49. The van der Waals surface area contributed by atoms with E-state index in [4.69, 9.17) is 4.74 Å². The number of hydrogen-bond donors (Lipinski definition) is 1. The van der Waals surface area contributed by atoms with Crippen molar-refractivity contribution < 1.29 is 9.13 Å². The Morgan fingerprint density at radius 2 is 2.00 bits per heavy atom. The van der Waals surface area contributed by atoms with Crippen LogP contribution < -0.4 is 10.1 Å². The lowest BCUT2D eigenvalue weighted by molar-refractivity contribution is 0.385. The molecule has 0 spiro atoms. The van der Waals surface area contributed by atoms with Gasteiger partial charge in [-0.3, -0.25) is 4.98 Å². The molecule has 4 heteroatoms. The summed E-state index contributed by atoms with van der Waals surface area (Å²) in [6.45, 7) is 4.91. The summed E-state index contributed by atoms with van der Waals surface area (Å²) in [5.41, 5.74) is 2.86. The second-order valence-corrected chi connectivity index (χ2v) is 5.01. The molecule has 2 rings (SSSR count). The number of halogens is 1. The lowest BCUT2D eigenvalue weighted by Gasteiger charge is -2.20. The molecule has 1 N–H and O–H groups in total. The van der Waals surface area contributed by atoms with Crippen molar-refractivity contribution in [3.05, 3.63) is 59.2 Å². The van der Waals surface area contributed by atoms with E-state index < -0.39 is 0 Å². The SMILES string of the molecule is CCCNC(c1ccc(C)nc1)c1ccc(OC)c(F)c1. The quantitative estimate of drug-likeness (QED) is 0.881. The lowest BCUT2D eigenvalue weighted by atomic mass is 9.99. The third-order valence-corrected chi connectivity index (χ3v) is 3.38. The highest BCUT2D eigenvalue weighted by atomic mass is 19.1. The van der Waals surface area contributed by atoms with E-state index in [1.165, 1.54) is 13.2 Å². The molecule has 0 radical (unpaired) electrons. The molecule has 0 amide bonds. The van der Waals surface area contributed by atoms with E-state index in [0.29, 0.717) is 0 Å². The molecule has 0 saturated carbocycles. The molecule has 1 atom stereocenters. The normalized spacial score (nSPS) is 12.2. The Bertz CT molecular complexity index is 584. The molecule has 1 heterocycles. The molecule has 1 aromatic heterocycles. The largest absolute Gasteiger partial charge is 0.494 e. The van der Waals surface area contributed by atoms with Crippen molar-refractivity contribution in [2.75, 3.05) is 13.7 Å². The van der Waals surface area contributed by atoms with Crippen molar-refractivity contribution in [2.24, 2.45) is 0 Å². The first-order valence-electron chi connectivity index (χ1n) is 7.15. The fraction of sp³-hybridized carbons (Fsp3) is 0.353. The Balaban J connectivity index is 2.35. The van der Waals surface area contributed by atoms with Crippen LogP contribution >= 0.6 is 0 Å². The summed E-state index contributed by atoms with van der Waals surface area (Å²) in [5.74, 6) is -0.0895. The van der Waals surface area contributed by atoms with Crippen molar-refractivity contribution in [3.63, 3.8) is 0 Å². The Hall–Kier alpha value is -1.94. The predicted octanol–water partition coefficient (Wildman–Crippen LogP) is 3.63. The van der Waals surface area contributed by atoms with Gasteiger partial charge in [0.15, 0.2) is 11.6 Å². The molecule has 21 heavy (non-hydrogen) atoms. The van der Waals surface area contributed by atoms with E-state index in [9.17, 15) is 4.39 Å². The summed E-state index contributed by atoms with van der Waals surface area (Å²) in [6.07, 6.45) is 2.85. The Kier molecular flexibility index (Phi) is 5.28. The first-order chi connectivity index (χ1) is 10.2. The number of nitrogens with one attached hydrogen (secondary N) is 1. The maximum absolute atomic E-state index is 13.9.